The molecule has 0 saturated carbocycles. The van der Waals surface area contributed by atoms with E-state index in [2.05, 4.69) is 18.9 Å². The predicted octanol–water partition coefficient (Wildman–Crippen LogP) is -0.496. The van der Waals surface area contributed by atoms with E-state index in [-0.39, 0.29) is 6.42 Å². The maximum absolute atomic E-state index is 10.9. The molecule has 0 rings (SSSR count). The summed E-state index contributed by atoms with van der Waals surface area (Å²) in [6.07, 6.45) is 0.119. The number of ether oxygens (including phenoxy) is 4. The fourth-order valence-corrected chi connectivity index (χ4v) is 0.535. The molecule has 0 bridgehead atoms. The molecule has 0 aromatic carbocycles. The van der Waals surface area contributed by atoms with Gasteiger partial charge in [0.05, 0.1) is 0 Å². The van der Waals surface area contributed by atoms with Gasteiger partial charge in [-0.1, -0.05) is 6.92 Å². The highest BCUT2D eigenvalue weighted by atomic mass is 16.7. The van der Waals surface area contributed by atoms with Crippen molar-refractivity contribution in [2.45, 2.75) is 20.3 Å². The Morgan fingerprint density at radius 3 is 1.71 bits per heavy atom. The standard InChI is InChI=1S/C9H12O8/c1-3-7(11)15-5-17-9(13)8(12)16-4-14-6(2)10/h3-5H2,1-2H3. The van der Waals surface area contributed by atoms with Crippen LogP contribution in [0, 0.1) is 0 Å². The number of hydrogen-bond donors (Lipinski definition) is 0. The molecule has 96 valence electrons. The average molecular weight is 248 g/mol. The molecule has 8 nitrogen and oxygen atoms in total. The van der Waals surface area contributed by atoms with E-state index in [1.54, 1.807) is 6.92 Å². The van der Waals surface area contributed by atoms with Gasteiger partial charge in [0.2, 0.25) is 13.6 Å². The van der Waals surface area contributed by atoms with Crippen molar-refractivity contribution in [2.75, 3.05) is 13.6 Å². The predicted molar refractivity (Wildman–Crippen MR) is 50.1 cm³/mol. The zero-order valence-corrected chi connectivity index (χ0v) is 9.39. The van der Waals surface area contributed by atoms with Gasteiger partial charge in [0.15, 0.2) is 0 Å². The van der Waals surface area contributed by atoms with E-state index in [0.29, 0.717) is 0 Å². The summed E-state index contributed by atoms with van der Waals surface area (Å²) in [5, 5.41) is 0. The van der Waals surface area contributed by atoms with Gasteiger partial charge in [0, 0.05) is 13.3 Å². The molecule has 0 aliphatic heterocycles. The van der Waals surface area contributed by atoms with Crippen molar-refractivity contribution in [3.63, 3.8) is 0 Å². The van der Waals surface area contributed by atoms with Gasteiger partial charge >= 0.3 is 23.9 Å². The van der Waals surface area contributed by atoms with E-state index in [4.69, 9.17) is 0 Å². The average Bonchev–Trinajstić information content (AvgIpc) is 2.27. The van der Waals surface area contributed by atoms with Gasteiger partial charge in [-0.25, -0.2) is 9.59 Å². The van der Waals surface area contributed by atoms with Crippen LogP contribution in [0.4, 0.5) is 0 Å². The highest BCUT2D eigenvalue weighted by molar-refractivity contribution is 6.29. The Bertz CT molecular complexity index is 308. The molecular weight excluding hydrogens is 236 g/mol. The van der Waals surface area contributed by atoms with Gasteiger partial charge in [-0.3, -0.25) is 9.59 Å². The van der Waals surface area contributed by atoms with Crippen LogP contribution in [0.1, 0.15) is 20.3 Å². The highest BCUT2D eigenvalue weighted by Gasteiger charge is 2.18. The molecule has 0 atom stereocenters. The minimum absolute atomic E-state index is 0.119. The summed E-state index contributed by atoms with van der Waals surface area (Å²) in [4.78, 5) is 42.6. The maximum atomic E-state index is 10.9. The molecule has 0 aliphatic rings. The lowest BCUT2D eigenvalue weighted by molar-refractivity contribution is -0.185. The van der Waals surface area contributed by atoms with Crippen LogP contribution < -0.4 is 0 Å². The van der Waals surface area contributed by atoms with Gasteiger partial charge < -0.3 is 18.9 Å². The lowest BCUT2D eigenvalue weighted by Crippen LogP contribution is -2.23. The quantitative estimate of drug-likeness (QED) is 0.364. The lowest BCUT2D eigenvalue weighted by Gasteiger charge is -2.05. The van der Waals surface area contributed by atoms with Gasteiger partial charge in [-0.2, -0.15) is 0 Å². The number of carbonyl (C=O) groups is 4. The van der Waals surface area contributed by atoms with Gasteiger partial charge in [0.1, 0.15) is 0 Å². The van der Waals surface area contributed by atoms with Crippen LogP contribution in [0.15, 0.2) is 0 Å². The molecular formula is C9H12O8. The van der Waals surface area contributed by atoms with Gasteiger partial charge in [0.25, 0.3) is 0 Å². The van der Waals surface area contributed by atoms with Crippen LogP contribution in [-0.4, -0.2) is 37.5 Å². The molecule has 0 N–H and O–H groups in total. The molecule has 0 saturated heterocycles. The second-order valence-electron chi connectivity index (χ2n) is 2.61. The fourth-order valence-electron chi connectivity index (χ4n) is 0.535. The SMILES string of the molecule is CCC(=O)OCOC(=O)C(=O)OCOC(C)=O. The molecule has 0 aromatic rings. The summed E-state index contributed by atoms with van der Waals surface area (Å²) in [7, 11) is 0. The largest absolute Gasteiger partial charge is 0.428 e. The van der Waals surface area contributed by atoms with E-state index < -0.39 is 37.5 Å². The van der Waals surface area contributed by atoms with Crippen molar-refractivity contribution < 1.29 is 38.1 Å². The maximum Gasteiger partial charge on any atom is 0.420 e. The summed E-state index contributed by atoms with van der Waals surface area (Å²) < 4.78 is 17.1. The molecule has 0 aliphatic carbocycles. The number of rotatable bonds is 5. The van der Waals surface area contributed by atoms with Gasteiger partial charge in [-0.15, -0.1) is 0 Å². The van der Waals surface area contributed by atoms with E-state index in [1.807, 2.05) is 0 Å². The zero-order valence-electron chi connectivity index (χ0n) is 9.39. The second kappa shape index (κ2) is 8.08. The Morgan fingerprint density at radius 2 is 1.29 bits per heavy atom. The monoisotopic (exact) mass is 248 g/mol. The third-order valence-electron chi connectivity index (χ3n) is 1.32. The summed E-state index contributed by atoms with van der Waals surface area (Å²) in [5.74, 6) is -3.94. The van der Waals surface area contributed by atoms with Crippen LogP contribution in [0.3, 0.4) is 0 Å². The Labute approximate surface area is 96.8 Å². The number of esters is 4. The summed E-state index contributed by atoms with van der Waals surface area (Å²) in [5.41, 5.74) is 0. The number of hydrogen-bond acceptors (Lipinski definition) is 8. The van der Waals surface area contributed by atoms with Crippen LogP contribution in [-0.2, 0) is 38.1 Å². The van der Waals surface area contributed by atoms with Crippen molar-refractivity contribution in [1.29, 1.82) is 0 Å². The smallest absolute Gasteiger partial charge is 0.420 e. The Kier molecular flexibility index (Phi) is 7.07. The lowest BCUT2D eigenvalue weighted by atomic mass is 10.5. The van der Waals surface area contributed by atoms with E-state index in [9.17, 15) is 19.2 Å². The zero-order chi connectivity index (χ0) is 13.3. The normalized spacial score (nSPS) is 9.06. The molecule has 0 heterocycles. The Hall–Kier alpha value is -2.12. The molecule has 0 spiro atoms. The molecule has 17 heavy (non-hydrogen) atoms. The molecule has 0 fully saturated rings. The van der Waals surface area contributed by atoms with Crippen molar-refractivity contribution >= 4 is 23.9 Å². The van der Waals surface area contributed by atoms with Crippen molar-refractivity contribution in [2.24, 2.45) is 0 Å². The molecule has 0 unspecified atom stereocenters. The van der Waals surface area contributed by atoms with Crippen molar-refractivity contribution in [3.8, 4) is 0 Å². The highest BCUT2D eigenvalue weighted by Crippen LogP contribution is 1.89. The van der Waals surface area contributed by atoms with Crippen molar-refractivity contribution in [1.82, 2.24) is 0 Å². The van der Waals surface area contributed by atoms with Crippen LogP contribution >= 0.6 is 0 Å². The first-order valence-electron chi connectivity index (χ1n) is 4.60. The minimum atomic E-state index is -1.35. The first-order valence-corrected chi connectivity index (χ1v) is 4.60. The summed E-state index contributed by atoms with van der Waals surface area (Å²) in [6, 6.07) is 0. The Morgan fingerprint density at radius 1 is 0.824 bits per heavy atom. The van der Waals surface area contributed by atoms with Crippen molar-refractivity contribution in [3.05, 3.63) is 0 Å². The summed E-state index contributed by atoms with van der Waals surface area (Å²) >= 11 is 0. The first kappa shape index (κ1) is 14.9. The van der Waals surface area contributed by atoms with E-state index in [0.717, 1.165) is 6.92 Å². The third-order valence-corrected chi connectivity index (χ3v) is 1.32. The van der Waals surface area contributed by atoms with Crippen LogP contribution in [0.2, 0.25) is 0 Å². The van der Waals surface area contributed by atoms with E-state index >= 15 is 0 Å². The fraction of sp³-hybridized carbons (Fsp3) is 0.556. The topological polar surface area (TPSA) is 105 Å². The summed E-state index contributed by atoms with van der Waals surface area (Å²) in [6.45, 7) is 1.31. The first-order chi connectivity index (χ1) is 7.97. The minimum Gasteiger partial charge on any atom is -0.428 e. The number of carbonyl (C=O) groups excluding carboxylic acids is 4. The molecule has 8 heteroatoms. The second-order valence-corrected chi connectivity index (χ2v) is 2.61. The Balaban J connectivity index is 3.71. The molecule has 0 amide bonds. The van der Waals surface area contributed by atoms with E-state index in [1.165, 1.54) is 0 Å². The van der Waals surface area contributed by atoms with Crippen LogP contribution in [0.5, 0.6) is 0 Å². The third kappa shape index (κ3) is 7.77. The molecule has 0 aromatic heterocycles. The van der Waals surface area contributed by atoms with Crippen LogP contribution in [0.25, 0.3) is 0 Å². The molecule has 0 radical (unpaired) electrons. The van der Waals surface area contributed by atoms with Gasteiger partial charge in [-0.05, 0) is 0 Å².